The molecule has 1 aliphatic heterocycles. The van der Waals surface area contributed by atoms with Gasteiger partial charge in [-0.05, 0) is 57.0 Å². The van der Waals surface area contributed by atoms with Crippen LogP contribution in [0.4, 0.5) is 8.78 Å². The van der Waals surface area contributed by atoms with Crippen molar-refractivity contribution >= 4 is 12.4 Å². The molecule has 1 aromatic carbocycles. The van der Waals surface area contributed by atoms with Gasteiger partial charge < -0.3 is 20.1 Å². The highest BCUT2D eigenvalue weighted by molar-refractivity contribution is 5.94. The van der Waals surface area contributed by atoms with Crippen molar-refractivity contribution in [3.63, 3.8) is 0 Å². The van der Waals surface area contributed by atoms with Crippen molar-refractivity contribution in [2.24, 2.45) is 5.41 Å². The minimum Gasteiger partial charge on any atom is -0.460 e. The molecule has 8 heteroatoms. The summed E-state index contributed by atoms with van der Waals surface area (Å²) in [7, 11) is 0. The summed E-state index contributed by atoms with van der Waals surface area (Å²) in [4.78, 5) is 25.4. The first-order valence-electron chi connectivity index (χ1n) is 11.7. The molecule has 0 saturated heterocycles. The number of carbonyl (C=O) groups is 2. The SMILES string of the molecule is C=C/C=C(\C)NC1=C2C=C(C)C2(C)CN(C=O)C=C1C(=O)OCCO.CC.Cc1ccc(F)c(F)c1. The van der Waals surface area contributed by atoms with E-state index in [1.54, 1.807) is 19.1 Å². The summed E-state index contributed by atoms with van der Waals surface area (Å²) in [6.45, 7) is 15.4. The molecule has 1 amide bonds. The zero-order valence-corrected chi connectivity index (χ0v) is 21.8. The Hall–Kier alpha value is -3.52. The van der Waals surface area contributed by atoms with Crippen molar-refractivity contribution in [2.45, 2.75) is 41.5 Å². The van der Waals surface area contributed by atoms with Crippen LogP contribution < -0.4 is 5.32 Å². The first kappa shape index (κ1) is 30.5. The topological polar surface area (TPSA) is 78.9 Å². The standard InChI is InChI=1S/C19H24N2O4.C7H6F2.C2H6/c1-5-6-14(3)20-17-15(18(24)25-8-7-22)10-21(12-23)11-19(4)13(2)9-16(17)19;1-5-2-3-6(8)7(9)4-5;1-2/h5-6,9-10,12,20,22H,1,7-8,11H2,2-4H3;2-4H,1H3;1-2H3/b14-6+;;. The Morgan fingerprint density at radius 3 is 2.44 bits per heavy atom. The van der Waals surface area contributed by atoms with Gasteiger partial charge in [0.1, 0.15) is 6.61 Å². The molecule has 6 nitrogen and oxygen atoms in total. The number of nitrogens with zero attached hydrogens (tertiary/aromatic N) is 1. The van der Waals surface area contributed by atoms with E-state index in [1.165, 1.54) is 17.2 Å². The molecule has 3 rings (SSSR count). The van der Waals surface area contributed by atoms with E-state index >= 15 is 0 Å². The Bertz CT molecular complexity index is 1090. The summed E-state index contributed by atoms with van der Waals surface area (Å²) < 4.78 is 29.4. The second kappa shape index (κ2) is 14.1. The van der Waals surface area contributed by atoms with Gasteiger partial charge in [-0.1, -0.05) is 44.2 Å². The van der Waals surface area contributed by atoms with Gasteiger partial charge in [-0.15, -0.1) is 0 Å². The maximum atomic E-state index is 12.5. The molecule has 0 radical (unpaired) electrons. The molecule has 196 valence electrons. The highest BCUT2D eigenvalue weighted by Gasteiger charge is 2.43. The largest absolute Gasteiger partial charge is 0.460 e. The number of hydrogen-bond acceptors (Lipinski definition) is 5. The number of hydrogen-bond donors (Lipinski definition) is 2. The predicted molar refractivity (Wildman–Crippen MR) is 137 cm³/mol. The van der Waals surface area contributed by atoms with Gasteiger partial charge in [-0.25, -0.2) is 13.6 Å². The molecule has 0 saturated carbocycles. The first-order chi connectivity index (χ1) is 17.1. The number of ether oxygens (including phenoxy) is 1. The number of allylic oxidation sites excluding steroid dienone is 4. The normalized spacial score (nSPS) is 18.5. The average molecular weight is 503 g/mol. The van der Waals surface area contributed by atoms with E-state index in [-0.39, 0.29) is 24.2 Å². The number of benzene rings is 1. The lowest BCUT2D eigenvalue weighted by atomic mass is 9.65. The highest BCUT2D eigenvalue weighted by atomic mass is 19.2. The van der Waals surface area contributed by atoms with Crippen molar-refractivity contribution in [3.8, 4) is 0 Å². The molecular weight excluding hydrogens is 466 g/mol. The van der Waals surface area contributed by atoms with Crippen LogP contribution in [0.25, 0.3) is 0 Å². The molecule has 36 heavy (non-hydrogen) atoms. The number of halogens is 2. The number of aryl methyl sites for hydroxylation is 1. The lowest BCUT2D eigenvalue weighted by molar-refractivity contribution is -0.139. The van der Waals surface area contributed by atoms with Gasteiger partial charge >= 0.3 is 5.97 Å². The number of aliphatic hydroxyl groups excluding tert-OH is 1. The number of nitrogens with one attached hydrogen (secondary N) is 1. The second-order valence-electron chi connectivity index (χ2n) is 8.26. The maximum absolute atomic E-state index is 12.5. The van der Waals surface area contributed by atoms with Crippen LogP contribution in [0, 0.1) is 24.0 Å². The summed E-state index contributed by atoms with van der Waals surface area (Å²) in [5.74, 6) is -2.17. The zero-order valence-electron chi connectivity index (χ0n) is 21.8. The Morgan fingerprint density at radius 1 is 1.28 bits per heavy atom. The molecule has 2 N–H and O–H groups in total. The van der Waals surface area contributed by atoms with Crippen LogP contribution in [-0.4, -0.2) is 42.1 Å². The molecular formula is C28H36F2N2O4. The van der Waals surface area contributed by atoms with Gasteiger partial charge in [-0.3, -0.25) is 4.79 Å². The average Bonchev–Trinajstić information content (AvgIpc) is 2.95. The summed E-state index contributed by atoms with van der Waals surface area (Å²) in [6.07, 6.45) is 7.64. The van der Waals surface area contributed by atoms with Crippen molar-refractivity contribution in [3.05, 3.63) is 94.5 Å². The van der Waals surface area contributed by atoms with E-state index in [0.29, 0.717) is 18.7 Å². The Kier molecular flexibility index (Phi) is 12.0. The summed E-state index contributed by atoms with van der Waals surface area (Å²) in [5, 5.41) is 12.1. The fourth-order valence-electron chi connectivity index (χ4n) is 3.60. The predicted octanol–water partition coefficient (Wildman–Crippen LogP) is 5.08. The third-order valence-electron chi connectivity index (χ3n) is 5.60. The number of rotatable bonds is 7. The summed E-state index contributed by atoms with van der Waals surface area (Å²) in [5.41, 5.74) is 4.13. The van der Waals surface area contributed by atoms with Crippen LogP contribution >= 0.6 is 0 Å². The van der Waals surface area contributed by atoms with Crippen molar-refractivity contribution in [1.29, 1.82) is 0 Å². The molecule has 2 aliphatic rings. The van der Waals surface area contributed by atoms with Gasteiger partial charge in [0.15, 0.2) is 11.6 Å². The monoisotopic (exact) mass is 502 g/mol. The van der Waals surface area contributed by atoms with Gasteiger partial charge in [0.25, 0.3) is 0 Å². The van der Waals surface area contributed by atoms with Crippen molar-refractivity contribution in [1.82, 2.24) is 10.2 Å². The van der Waals surface area contributed by atoms with E-state index in [0.717, 1.165) is 34.5 Å². The molecule has 0 aromatic heterocycles. The third kappa shape index (κ3) is 7.49. The van der Waals surface area contributed by atoms with Crippen LogP contribution in [0.3, 0.4) is 0 Å². The molecule has 1 atom stereocenters. The Balaban J connectivity index is 0.000000491. The lowest BCUT2D eigenvalue weighted by Crippen LogP contribution is -2.39. The number of amides is 1. The van der Waals surface area contributed by atoms with Crippen molar-refractivity contribution in [2.75, 3.05) is 19.8 Å². The molecule has 0 spiro atoms. The van der Waals surface area contributed by atoms with E-state index < -0.39 is 17.6 Å². The van der Waals surface area contributed by atoms with Crippen molar-refractivity contribution < 1.29 is 28.2 Å². The fraction of sp³-hybridized carbons (Fsp3) is 0.357. The van der Waals surface area contributed by atoms with Gasteiger partial charge in [-0.2, -0.15) is 0 Å². The zero-order chi connectivity index (χ0) is 27.5. The quantitative estimate of drug-likeness (QED) is 0.309. The van der Waals surface area contributed by atoms with Crippen LogP contribution in [0.15, 0.2) is 77.3 Å². The van der Waals surface area contributed by atoms with E-state index in [2.05, 4.69) is 11.9 Å². The Labute approximate surface area is 212 Å². The number of fused-ring (bicyclic) bond motifs is 1. The fourth-order valence-corrected chi connectivity index (χ4v) is 3.60. The number of aliphatic hydroxyl groups is 1. The number of carbonyl (C=O) groups excluding carboxylic acids is 2. The summed E-state index contributed by atoms with van der Waals surface area (Å²) in [6, 6.07) is 3.80. The molecule has 1 unspecified atom stereocenters. The van der Waals surface area contributed by atoms with Gasteiger partial charge in [0, 0.05) is 23.9 Å². The minimum absolute atomic E-state index is 0.104. The van der Waals surface area contributed by atoms with Crippen LogP contribution in [0.2, 0.25) is 0 Å². The van der Waals surface area contributed by atoms with Crippen LogP contribution in [-0.2, 0) is 14.3 Å². The molecule has 1 heterocycles. The van der Waals surface area contributed by atoms with E-state index in [4.69, 9.17) is 9.84 Å². The van der Waals surface area contributed by atoms with E-state index in [1.807, 2.05) is 40.7 Å². The molecule has 1 aliphatic carbocycles. The molecule has 0 fully saturated rings. The first-order valence-corrected chi connectivity index (χ1v) is 11.7. The minimum atomic E-state index is -0.791. The summed E-state index contributed by atoms with van der Waals surface area (Å²) >= 11 is 0. The van der Waals surface area contributed by atoms with Gasteiger partial charge in [0.2, 0.25) is 6.41 Å². The smallest absolute Gasteiger partial charge is 0.341 e. The van der Waals surface area contributed by atoms with E-state index in [9.17, 15) is 18.4 Å². The van der Waals surface area contributed by atoms with Crippen LogP contribution in [0.1, 0.15) is 40.2 Å². The van der Waals surface area contributed by atoms with Crippen LogP contribution in [0.5, 0.6) is 0 Å². The molecule has 1 aromatic rings. The number of esters is 1. The second-order valence-corrected chi connectivity index (χ2v) is 8.26. The maximum Gasteiger partial charge on any atom is 0.341 e. The Morgan fingerprint density at radius 2 is 1.94 bits per heavy atom. The lowest BCUT2D eigenvalue weighted by Gasteiger charge is -2.42. The third-order valence-corrected chi connectivity index (χ3v) is 5.60. The molecule has 0 bridgehead atoms. The highest BCUT2D eigenvalue weighted by Crippen LogP contribution is 2.49. The van der Waals surface area contributed by atoms with Gasteiger partial charge in [0.05, 0.1) is 17.9 Å².